The molecule has 0 aromatic heterocycles. The number of rotatable bonds is 3. The van der Waals surface area contributed by atoms with Gasteiger partial charge in [-0.05, 0) is 60.9 Å². The molecular weight excluding hydrogens is 308 g/mol. The predicted molar refractivity (Wildman–Crippen MR) is 106 cm³/mol. The van der Waals surface area contributed by atoms with Crippen LogP contribution in [-0.4, -0.2) is 5.71 Å². The van der Waals surface area contributed by atoms with Crippen LogP contribution in [0.4, 0.5) is 22.7 Å². The van der Waals surface area contributed by atoms with Crippen LogP contribution in [0.25, 0.3) is 0 Å². The number of anilines is 1. The molecule has 0 amide bonds. The van der Waals surface area contributed by atoms with Gasteiger partial charge in [-0.25, -0.2) is 4.99 Å². The zero-order chi connectivity index (χ0) is 18.0. The van der Waals surface area contributed by atoms with E-state index in [1.165, 1.54) is 0 Å². The van der Waals surface area contributed by atoms with E-state index >= 15 is 0 Å². The van der Waals surface area contributed by atoms with E-state index in [1.807, 2.05) is 56.3 Å². The van der Waals surface area contributed by atoms with E-state index in [0.717, 1.165) is 50.9 Å². The number of nitrogen functional groups attached to an aromatic ring is 1. The fourth-order valence-electron chi connectivity index (χ4n) is 2.66. The number of hydrogen-bond acceptors (Lipinski definition) is 3. The van der Waals surface area contributed by atoms with E-state index in [1.54, 1.807) is 0 Å². The van der Waals surface area contributed by atoms with E-state index in [-0.39, 0.29) is 0 Å². The fourth-order valence-corrected chi connectivity index (χ4v) is 2.66. The summed E-state index contributed by atoms with van der Waals surface area (Å²) in [6, 6.07) is 14.1. The summed E-state index contributed by atoms with van der Waals surface area (Å²) in [5.74, 6) is 0. The maximum absolute atomic E-state index is 6.12. The monoisotopic (exact) mass is 331 g/mol. The summed E-state index contributed by atoms with van der Waals surface area (Å²) in [6.07, 6.45) is 3.83. The number of nitrogens with zero attached hydrogens (tertiary/aromatic N) is 1. The van der Waals surface area contributed by atoms with E-state index < -0.39 is 0 Å². The van der Waals surface area contributed by atoms with Crippen molar-refractivity contribution < 1.29 is 5.32 Å². The zero-order valence-electron chi connectivity index (χ0n) is 14.6. The Kier molecular flexibility index (Phi) is 4.55. The van der Waals surface area contributed by atoms with Crippen molar-refractivity contribution in [3.63, 3.8) is 0 Å². The smallest absolute Gasteiger partial charge is 0.162 e. The molecule has 0 fully saturated rings. The first kappa shape index (κ1) is 16.7. The second kappa shape index (κ2) is 6.79. The van der Waals surface area contributed by atoms with Gasteiger partial charge in [0.2, 0.25) is 0 Å². The number of allylic oxidation sites excluding steroid dienone is 4. The van der Waals surface area contributed by atoms with E-state index in [9.17, 15) is 0 Å². The number of aryl methyl sites for hydroxylation is 1. The van der Waals surface area contributed by atoms with Crippen molar-refractivity contribution in [3.05, 3.63) is 83.6 Å². The maximum atomic E-state index is 6.12. The lowest BCUT2D eigenvalue weighted by Gasteiger charge is -2.13. The van der Waals surface area contributed by atoms with Crippen molar-refractivity contribution in [1.29, 1.82) is 0 Å². The predicted octanol–water partition coefficient (Wildman–Crippen LogP) is 3.54. The van der Waals surface area contributed by atoms with Crippen LogP contribution in [-0.2, 0) is 0 Å². The Bertz CT molecular complexity index is 918. The summed E-state index contributed by atoms with van der Waals surface area (Å²) >= 11 is 0. The molecule has 2 aromatic rings. The topological polar surface area (TPSA) is 81.0 Å². The lowest BCUT2D eigenvalue weighted by Crippen LogP contribution is -2.71. The highest BCUT2D eigenvalue weighted by Crippen LogP contribution is 2.29. The highest BCUT2D eigenvalue weighted by molar-refractivity contribution is 6.13. The van der Waals surface area contributed by atoms with Gasteiger partial charge in [0.25, 0.3) is 0 Å². The minimum absolute atomic E-state index is 0.730. The van der Waals surface area contributed by atoms with Crippen molar-refractivity contribution in [1.82, 2.24) is 0 Å². The zero-order valence-corrected chi connectivity index (χ0v) is 14.6. The first-order valence-corrected chi connectivity index (χ1v) is 8.18. The van der Waals surface area contributed by atoms with Gasteiger partial charge in [-0.2, -0.15) is 0 Å². The average molecular weight is 331 g/mol. The molecule has 0 aliphatic heterocycles. The first-order chi connectivity index (χ1) is 11.9. The largest absolute Gasteiger partial charge is 0.398 e. The van der Waals surface area contributed by atoms with Crippen molar-refractivity contribution in [3.8, 4) is 0 Å². The second-order valence-electron chi connectivity index (χ2n) is 6.27. The Morgan fingerprint density at radius 1 is 1.00 bits per heavy atom. The van der Waals surface area contributed by atoms with Crippen molar-refractivity contribution in [2.45, 2.75) is 13.8 Å². The van der Waals surface area contributed by atoms with Crippen molar-refractivity contribution in [2.24, 2.45) is 10.7 Å². The van der Waals surface area contributed by atoms with Gasteiger partial charge < -0.3 is 11.5 Å². The van der Waals surface area contributed by atoms with Crippen LogP contribution in [0, 0.1) is 6.92 Å². The standard InChI is InChI=1S/C21H22N4/c1-13-10-19(15(3)9-17(13)22)25-20-11-14(2)18(23)12-21(20)24-16-7-5-4-6-8-16/h4-12,24H,3,22-23H2,1-2H3/p+1. The quantitative estimate of drug-likeness (QED) is 0.752. The highest BCUT2D eigenvalue weighted by Gasteiger charge is 2.14. The lowest BCUT2D eigenvalue weighted by molar-refractivity contribution is -0.477. The third-order valence-electron chi connectivity index (χ3n) is 4.25. The minimum atomic E-state index is 0.730. The molecular formula is C21H23N4+. The molecule has 3 rings (SSSR count). The summed E-state index contributed by atoms with van der Waals surface area (Å²) in [5.41, 5.74) is 20.1. The maximum Gasteiger partial charge on any atom is 0.162 e. The van der Waals surface area contributed by atoms with Crippen LogP contribution in [0.15, 0.2) is 83.0 Å². The number of hydrogen-bond donors (Lipinski definition) is 3. The lowest BCUT2D eigenvalue weighted by atomic mass is 9.99. The SMILES string of the molecule is C=C1C=C(N)C(C)=CC1=Nc1cc(C)c(N)cc1[NH2+]c1ccccc1. The van der Waals surface area contributed by atoms with Gasteiger partial charge in [-0.15, -0.1) is 0 Å². The molecule has 0 saturated heterocycles. The fraction of sp³-hybridized carbons (Fsp3) is 0.0952. The highest BCUT2D eigenvalue weighted by atomic mass is 14.9. The van der Waals surface area contributed by atoms with E-state index in [2.05, 4.69) is 24.0 Å². The molecule has 25 heavy (non-hydrogen) atoms. The Morgan fingerprint density at radius 2 is 1.72 bits per heavy atom. The molecule has 2 aromatic carbocycles. The summed E-state index contributed by atoms with van der Waals surface area (Å²) in [5, 5.41) is 2.08. The summed E-state index contributed by atoms with van der Waals surface area (Å²) < 4.78 is 0. The van der Waals surface area contributed by atoms with Crippen LogP contribution in [0.5, 0.6) is 0 Å². The third-order valence-corrected chi connectivity index (χ3v) is 4.25. The number of aliphatic imine (C=N–C) groups is 1. The molecule has 1 aliphatic rings. The number of benzene rings is 2. The number of quaternary nitrogens is 1. The van der Waals surface area contributed by atoms with Crippen molar-refractivity contribution in [2.75, 3.05) is 5.73 Å². The van der Waals surface area contributed by atoms with E-state index in [4.69, 9.17) is 16.5 Å². The van der Waals surface area contributed by atoms with Crippen LogP contribution < -0.4 is 16.8 Å². The number of nitrogens with two attached hydrogens (primary N) is 3. The third kappa shape index (κ3) is 3.70. The number of para-hydroxylation sites is 1. The molecule has 0 heterocycles. The van der Waals surface area contributed by atoms with Gasteiger partial charge in [-0.3, -0.25) is 5.32 Å². The summed E-state index contributed by atoms with van der Waals surface area (Å²) in [4.78, 5) is 4.84. The molecule has 126 valence electrons. The molecule has 0 bridgehead atoms. The molecule has 0 saturated carbocycles. The van der Waals surface area contributed by atoms with Crippen LogP contribution >= 0.6 is 0 Å². The van der Waals surface area contributed by atoms with Crippen LogP contribution in [0.1, 0.15) is 12.5 Å². The molecule has 4 heteroatoms. The Labute approximate surface area is 148 Å². The molecule has 0 atom stereocenters. The van der Waals surface area contributed by atoms with E-state index in [0.29, 0.717) is 0 Å². The second-order valence-corrected chi connectivity index (χ2v) is 6.27. The molecule has 0 spiro atoms. The summed E-state index contributed by atoms with van der Waals surface area (Å²) in [6.45, 7) is 8.02. The molecule has 0 radical (unpaired) electrons. The average Bonchev–Trinajstić information content (AvgIpc) is 2.58. The Balaban J connectivity index is 2.05. The molecule has 1 aliphatic carbocycles. The van der Waals surface area contributed by atoms with Gasteiger partial charge in [0.15, 0.2) is 5.69 Å². The Morgan fingerprint density at radius 3 is 2.44 bits per heavy atom. The Hall–Kier alpha value is -3.11. The van der Waals surface area contributed by atoms with Crippen molar-refractivity contribution >= 4 is 28.5 Å². The van der Waals surface area contributed by atoms with Gasteiger partial charge in [0.05, 0.1) is 5.71 Å². The first-order valence-electron chi connectivity index (χ1n) is 8.18. The van der Waals surface area contributed by atoms with Gasteiger partial charge in [-0.1, -0.05) is 24.8 Å². The minimum Gasteiger partial charge on any atom is -0.398 e. The van der Waals surface area contributed by atoms with Gasteiger partial charge >= 0.3 is 0 Å². The van der Waals surface area contributed by atoms with Gasteiger partial charge in [0, 0.05) is 17.5 Å². The normalized spacial score (nSPS) is 15.9. The molecule has 4 nitrogen and oxygen atoms in total. The molecule has 0 unspecified atom stereocenters. The molecule has 6 N–H and O–H groups in total. The summed E-state index contributed by atoms with van der Waals surface area (Å²) in [7, 11) is 0. The van der Waals surface area contributed by atoms with Crippen LogP contribution in [0.3, 0.4) is 0 Å². The van der Waals surface area contributed by atoms with Gasteiger partial charge in [0.1, 0.15) is 11.4 Å². The van der Waals surface area contributed by atoms with Crippen LogP contribution in [0.2, 0.25) is 0 Å².